The fraction of sp³-hybridized carbons (Fsp3) is 0.111. The minimum absolute atomic E-state index is 0.269. The number of aromatic nitrogens is 6. The van der Waals surface area contributed by atoms with Crippen molar-refractivity contribution in [1.29, 1.82) is 0 Å². The first-order valence-corrected chi connectivity index (χ1v) is 5.50. The van der Waals surface area contributed by atoms with Gasteiger partial charge >= 0.3 is 5.95 Å². The molecule has 3 heterocycles. The monoisotopic (exact) mass is 279 g/mol. The van der Waals surface area contributed by atoms with Crippen molar-refractivity contribution < 1.29 is 4.92 Å². The lowest BCUT2D eigenvalue weighted by molar-refractivity contribution is -0.396. The Morgan fingerprint density at radius 3 is 2.84 bits per heavy atom. The van der Waals surface area contributed by atoms with Crippen LogP contribution in [-0.2, 0) is 7.05 Å². The predicted octanol–water partition coefficient (Wildman–Crippen LogP) is 1.09. The van der Waals surface area contributed by atoms with Crippen molar-refractivity contribution in [3.05, 3.63) is 33.6 Å². The molecular formula is C9H6ClN7O2. The number of rotatable bonds is 2. The minimum atomic E-state index is -0.576. The Hall–Kier alpha value is -2.55. The van der Waals surface area contributed by atoms with E-state index in [0.29, 0.717) is 17.2 Å². The lowest BCUT2D eigenvalue weighted by Gasteiger charge is -1.98. The van der Waals surface area contributed by atoms with Crippen molar-refractivity contribution in [2.24, 2.45) is 7.05 Å². The van der Waals surface area contributed by atoms with E-state index in [4.69, 9.17) is 11.6 Å². The van der Waals surface area contributed by atoms with E-state index in [1.54, 1.807) is 12.1 Å². The van der Waals surface area contributed by atoms with Crippen molar-refractivity contribution in [3.8, 4) is 11.5 Å². The average molecular weight is 280 g/mol. The van der Waals surface area contributed by atoms with Crippen LogP contribution in [0, 0.1) is 10.1 Å². The molecule has 0 fully saturated rings. The second kappa shape index (κ2) is 3.99. The summed E-state index contributed by atoms with van der Waals surface area (Å²) in [5, 5.41) is 22.9. The van der Waals surface area contributed by atoms with Gasteiger partial charge in [0.2, 0.25) is 5.82 Å². The lowest BCUT2D eigenvalue weighted by Crippen LogP contribution is -2.02. The molecule has 0 saturated heterocycles. The number of hydrogen-bond acceptors (Lipinski definition) is 6. The second-order valence-corrected chi connectivity index (χ2v) is 4.10. The third-order valence-corrected chi connectivity index (χ3v) is 2.79. The fourth-order valence-electron chi connectivity index (χ4n) is 1.70. The van der Waals surface area contributed by atoms with Crippen LogP contribution in [-0.4, -0.2) is 34.3 Å². The molecule has 0 amide bonds. The van der Waals surface area contributed by atoms with Crippen molar-refractivity contribution in [3.63, 3.8) is 0 Å². The van der Waals surface area contributed by atoms with Crippen LogP contribution in [0.2, 0.25) is 5.15 Å². The number of hydrogen-bond donors (Lipinski definition) is 0. The molecule has 3 rings (SSSR count). The van der Waals surface area contributed by atoms with Gasteiger partial charge in [0.1, 0.15) is 11.3 Å². The summed E-state index contributed by atoms with van der Waals surface area (Å²) in [6, 6.07) is 3.23. The van der Waals surface area contributed by atoms with Gasteiger partial charge in [0, 0.05) is 0 Å². The fourth-order valence-corrected chi connectivity index (χ4v) is 1.84. The van der Waals surface area contributed by atoms with Crippen molar-refractivity contribution >= 4 is 23.2 Å². The highest BCUT2D eigenvalue weighted by Crippen LogP contribution is 2.21. The molecule has 0 aliphatic heterocycles. The van der Waals surface area contributed by atoms with E-state index in [1.807, 2.05) is 0 Å². The molecule has 0 aromatic carbocycles. The third kappa shape index (κ3) is 1.71. The molecule has 0 N–H and O–H groups in total. The van der Waals surface area contributed by atoms with Gasteiger partial charge in [-0.3, -0.25) is 0 Å². The summed E-state index contributed by atoms with van der Waals surface area (Å²) in [6.07, 6.45) is 1.34. The Kier molecular flexibility index (Phi) is 2.42. The Balaban J connectivity index is 2.25. The van der Waals surface area contributed by atoms with E-state index in [2.05, 4.69) is 20.3 Å². The van der Waals surface area contributed by atoms with Gasteiger partial charge in [-0.1, -0.05) is 16.6 Å². The molecule has 3 aromatic rings. The number of nitro groups is 1. The van der Waals surface area contributed by atoms with Crippen LogP contribution in [0.5, 0.6) is 0 Å². The van der Waals surface area contributed by atoms with Gasteiger partial charge in [0.05, 0.1) is 7.05 Å². The second-order valence-electron chi connectivity index (χ2n) is 3.71. The van der Waals surface area contributed by atoms with Crippen LogP contribution in [0.3, 0.4) is 0 Å². The van der Waals surface area contributed by atoms with Gasteiger partial charge in [-0.05, 0) is 17.1 Å². The highest BCUT2D eigenvalue weighted by atomic mass is 35.5. The molecule has 0 aliphatic carbocycles. The molecule has 0 spiro atoms. The van der Waals surface area contributed by atoms with E-state index in [-0.39, 0.29) is 11.1 Å². The van der Waals surface area contributed by atoms with Gasteiger partial charge in [-0.15, -0.1) is 10.2 Å². The summed E-state index contributed by atoms with van der Waals surface area (Å²) in [7, 11) is 1.52. The highest BCUT2D eigenvalue weighted by Gasteiger charge is 2.23. The van der Waals surface area contributed by atoms with Crippen molar-refractivity contribution in [2.75, 3.05) is 0 Å². The topological polar surface area (TPSA) is 104 Å². The van der Waals surface area contributed by atoms with Crippen LogP contribution in [0.4, 0.5) is 5.95 Å². The summed E-state index contributed by atoms with van der Waals surface area (Å²) in [5.41, 5.74) is 0.914. The van der Waals surface area contributed by atoms with Crippen LogP contribution in [0.1, 0.15) is 0 Å². The zero-order chi connectivity index (χ0) is 13.6. The number of halogens is 1. The van der Waals surface area contributed by atoms with Crippen molar-refractivity contribution in [1.82, 2.24) is 29.4 Å². The van der Waals surface area contributed by atoms with E-state index in [1.165, 1.54) is 22.3 Å². The molecular weight excluding hydrogens is 274 g/mol. The molecule has 10 heteroatoms. The number of imidazole rings is 1. The molecule has 9 nitrogen and oxygen atoms in total. The van der Waals surface area contributed by atoms with Crippen LogP contribution in [0.25, 0.3) is 17.2 Å². The summed E-state index contributed by atoms with van der Waals surface area (Å²) in [4.78, 5) is 13.9. The lowest BCUT2D eigenvalue weighted by atomic mass is 10.4. The highest BCUT2D eigenvalue weighted by molar-refractivity contribution is 6.29. The first-order valence-electron chi connectivity index (χ1n) is 5.12. The quantitative estimate of drug-likeness (QED) is 0.513. The van der Waals surface area contributed by atoms with Gasteiger partial charge in [-0.2, -0.15) is 9.61 Å². The third-order valence-electron chi connectivity index (χ3n) is 2.59. The maximum Gasteiger partial charge on any atom is 0.434 e. The minimum Gasteiger partial charge on any atom is -0.390 e. The van der Waals surface area contributed by atoms with Crippen LogP contribution >= 0.6 is 11.6 Å². The summed E-state index contributed by atoms with van der Waals surface area (Å²) < 4.78 is 2.71. The SMILES string of the molecule is Cn1c(-c2nnc3ccc(Cl)nn23)cnc1[N+](=O)[O-]. The van der Waals surface area contributed by atoms with Crippen molar-refractivity contribution in [2.45, 2.75) is 0 Å². The Morgan fingerprint density at radius 1 is 1.37 bits per heavy atom. The Bertz CT molecular complexity index is 793. The zero-order valence-electron chi connectivity index (χ0n) is 9.56. The van der Waals surface area contributed by atoms with E-state index in [0.717, 1.165) is 0 Å². The maximum absolute atomic E-state index is 10.8. The molecule has 0 aliphatic rings. The van der Waals surface area contributed by atoms with E-state index < -0.39 is 4.92 Å². The first kappa shape index (κ1) is 11.5. The summed E-state index contributed by atoms with van der Waals surface area (Å²) in [6.45, 7) is 0. The molecule has 96 valence electrons. The normalized spacial score (nSPS) is 11.1. The predicted molar refractivity (Wildman–Crippen MR) is 64.6 cm³/mol. The van der Waals surface area contributed by atoms with Gasteiger partial charge in [0.15, 0.2) is 11.3 Å². The molecule has 3 aromatic heterocycles. The summed E-state index contributed by atoms with van der Waals surface area (Å²) in [5.74, 6) is 0.0504. The molecule has 0 radical (unpaired) electrons. The standard InChI is InChI=1S/C9H6ClN7O2/c1-15-5(4-11-9(15)17(18)19)8-13-12-7-3-2-6(10)14-16(7)8/h2-4H,1H3. The first-order chi connectivity index (χ1) is 9.08. The zero-order valence-corrected chi connectivity index (χ0v) is 10.3. The molecule has 0 unspecified atom stereocenters. The molecule has 19 heavy (non-hydrogen) atoms. The number of fused-ring (bicyclic) bond motifs is 1. The summed E-state index contributed by atoms with van der Waals surface area (Å²) >= 11 is 5.81. The van der Waals surface area contributed by atoms with E-state index >= 15 is 0 Å². The van der Waals surface area contributed by atoms with Crippen LogP contribution < -0.4 is 0 Å². The maximum atomic E-state index is 10.8. The molecule has 0 saturated carbocycles. The largest absolute Gasteiger partial charge is 0.434 e. The Labute approximate surface area is 110 Å². The molecule has 0 atom stereocenters. The van der Waals surface area contributed by atoms with Crippen LogP contribution in [0.15, 0.2) is 18.3 Å². The molecule has 0 bridgehead atoms. The number of nitrogens with zero attached hydrogens (tertiary/aromatic N) is 7. The van der Waals surface area contributed by atoms with Gasteiger partial charge < -0.3 is 10.1 Å². The Morgan fingerprint density at radius 2 is 2.16 bits per heavy atom. The van der Waals surface area contributed by atoms with Gasteiger partial charge in [0.25, 0.3) is 0 Å². The average Bonchev–Trinajstić information content (AvgIpc) is 2.92. The van der Waals surface area contributed by atoms with Gasteiger partial charge in [-0.25, -0.2) is 4.57 Å². The van der Waals surface area contributed by atoms with E-state index in [9.17, 15) is 10.1 Å². The smallest absolute Gasteiger partial charge is 0.390 e.